The lowest BCUT2D eigenvalue weighted by molar-refractivity contribution is -0.132. The molecule has 1 amide bonds. The number of anilines is 2. The topological polar surface area (TPSA) is 115 Å². The Morgan fingerprint density at radius 1 is 0.947 bits per heavy atom. The summed E-state index contributed by atoms with van der Waals surface area (Å²) >= 11 is 0. The summed E-state index contributed by atoms with van der Waals surface area (Å²) in [6.45, 7) is 4.63. The van der Waals surface area contributed by atoms with E-state index in [0.717, 1.165) is 61.4 Å². The number of ether oxygens (including phenoxy) is 1. The lowest BCUT2D eigenvalue weighted by Gasteiger charge is -2.30. The minimum absolute atomic E-state index is 0.112. The zero-order valence-corrected chi connectivity index (χ0v) is 21.6. The fourth-order valence-corrected chi connectivity index (χ4v) is 5.08. The number of carbonyl (C=O) groups excluding carboxylic acids is 2. The Morgan fingerprint density at radius 3 is 2.45 bits per heavy atom. The molecule has 2 N–H and O–H groups in total. The summed E-state index contributed by atoms with van der Waals surface area (Å²) in [6, 6.07) is 9.85. The molecule has 3 aromatic rings. The van der Waals surface area contributed by atoms with Crippen molar-refractivity contribution in [3.63, 3.8) is 0 Å². The molecule has 198 valence electrons. The van der Waals surface area contributed by atoms with E-state index in [1.807, 2.05) is 35.2 Å². The predicted octanol–water partition coefficient (Wildman–Crippen LogP) is 3.33. The van der Waals surface area contributed by atoms with Crippen LogP contribution in [0, 0.1) is 0 Å². The van der Waals surface area contributed by atoms with Crippen LogP contribution in [0.4, 0.5) is 11.5 Å². The number of benzene rings is 1. The summed E-state index contributed by atoms with van der Waals surface area (Å²) in [4.78, 5) is 42.8. The molecule has 0 unspecified atom stereocenters. The minimum atomic E-state index is -0.196. The summed E-state index contributed by atoms with van der Waals surface area (Å²) in [5.41, 5.74) is 10.7. The maximum absolute atomic E-state index is 13.1. The maximum Gasteiger partial charge on any atom is 0.222 e. The summed E-state index contributed by atoms with van der Waals surface area (Å²) in [5.74, 6) is 0.148. The van der Waals surface area contributed by atoms with Gasteiger partial charge in [-0.15, -0.1) is 0 Å². The SMILES string of the molecule is Nc1nc(-c2ccc(CCC(=O)N3CCCCC3)cc2)cnc1C(=O)Cc1cnccc1N1CCOCC1. The first-order chi connectivity index (χ1) is 18.6. The molecular weight excluding hydrogens is 480 g/mol. The highest BCUT2D eigenvalue weighted by atomic mass is 16.5. The molecule has 0 spiro atoms. The van der Waals surface area contributed by atoms with Gasteiger partial charge in [0.05, 0.1) is 25.1 Å². The smallest absolute Gasteiger partial charge is 0.222 e. The third-order valence-corrected chi connectivity index (χ3v) is 7.23. The zero-order valence-electron chi connectivity index (χ0n) is 21.6. The highest BCUT2D eigenvalue weighted by Crippen LogP contribution is 2.24. The van der Waals surface area contributed by atoms with Crippen molar-refractivity contribution in [1.82, 2.24) is 19.9 Å². The van der Waals surface area contributed by atoms with E-state index in [2.05, 4.69) is 19.9 Å². The second-order valence-corrected chi connectivity index (χ2v) is 9.83. The Bertz CT molecular complexity index is 1270. The van der Waals surface area contributed by atoms with Crippen molar-refractivity contribution in [2.75, 3.05) is 50.0 Å². The normalized spacial score (nSPS) is 15.9. The Morgan fingerprint density at radius 2 is 1.71 bits per heavy atom. The van der Waals surface area contributed by atoms with E-state index >= 15 is 0 Å². The summed E-state index contributed by atoms with van der Waals surface area (Å²) in [6.07, 6.45) is 9.84. The van der Waals surface area contributed by atoms with Crippen LogP contribution in [0.1, 0.15) is 47.3 Å². The van der Waals surface area contributed by atoms with Gasteiger partial charge in [-0.2, -0.15) is 0 Å². The van der Waals surface area contributed by atoms with Gasteiger partial charge in [0.15, 0.2) is 11.6 Å². The van der Waals surface area contributed by atoms with Crippen molar-refractivity contribution in [3.8, 4) is 11.3 Å². The molecule has 9 heteroatoms. The molecule has 2 aromatic heterocycles. The molecule has 2 saturated heterocycles. The number of carbonyl (C=O) groups is 2. The molecule has 9 nitrogen and oxygen atoms in total. The molecular formula is C29H34N6O3. The highest BCUT2D eigenvalue weighted by molar-refractivity contribution is 6.00. The lowest BCUT2D eigenvalue weighted by Crippen LogP contribution is -2.37. The number of nitrogens with zero attached hydrogens (tertiary/aromatic N) is 5. The van der Waals surface area contributed by atoms with Gasteiger partial charge in [-0.25, -0.2) is 9.97 Å². The van der Waals surface area contributed by atoms with Gasteiger partial charge in [0.2, 0.25) is 5.91 Å². The Balaban J connectivity index is 1.22. The van der Waals surface area contributed by atoms with Crippen LogP contribution in [-0.2, 0) is 22.4 Å². The number of likely N-dealkylation sites (tertiary alicyclic amines) is 1. The van der Waals surface area contributed by atoms with E-state index in [1.165, 1.54) is 6.42 Å². The van der Waals surface area contributed by atoms with E-state index < -0.39 is 0 Å². The van der Waals surface area contributed by atoms with E-state index in [-0.39, 0.29) is 29.6 Å². The Kier molecular flexibility index (Phi) is 8.23. The number of hydrogen-bond donors (Lipinski definition) is 1. The van der Waals surface area contributed by atoms with Gasteiger partial charge < -0.3 is 20.3 Å². The first kappa shape index (κ1) is 25.8. The largest absolute Gasteiger partial charge is 0.382 e. The van der Waals surface area contributed by atoms with Crippen LogP contribution < -0.4 is 10.6 Å². The third kappa shape index (κ3) is 6.16. The van der Waals surface area contributed by atoms with Gasteiger partial charge >= 0.3 is 0 Å². The fourth-order valence-electron chi connectivity index (χ4n) is 5.08. The number of hydrogen-bond acceptors (Lipinski definition) is 8. The van der Waals surface area contributed by atoms with Crippen molar-refractivity contribution < 1.29 is 14.3 Å². The van der Waals surface area contributed by atoms with Gasteiger partial charge in [0.25, 0.3) is 0 Å². The van der Waals surface area contributed by atoms with Crippen LogP contribution in [0.2, 0.25) is 0 Å². The highest BCUT2D eigenvalue weighted by Gasteiger charge is 2.20. The van der Waals surface area contributed by atoms with Gasteiger partial charge in [-0.05, 0) is 37.3 Å². The second kappa shape index (κ2) is 12.1. The molecule has 0 atom stereocenters. The first-order valence-corrected chi connectivity index (χ1v) is 13.4. The number of aromatic nitrogens is 3. The molecule has 5 rings (SSSR count). The number of nitrogen functional groups attached to an aromatic ring is 1. The monoisotopic (exact) mass is 514 g/mol. The van der Waals surface area contributed by atoms with Crippen molar-refractivity contribution >= 4 is 23.2 Å². The van der Waals surface area contributed by atoms with Gasteiger partial charge in [-0.1, -0.05) is 24.3 Å². The second-order valence-electron chi connectivity index (χ2n) is 9.83. The van der Waals surface area contributed by atoms with Crippen LogP contribution in [0.15, 0.2) is 48.9 Å². The van der Waals surface area contributed by atoms with E-state index in [0.29, 0.717) is 31.7 Å². The number of ketones is 1. The zero-order chi connectivity index (χ0) is 26.3. The van der Waals surface area contributed by atoms with Crippen molar-refractivity contribution in [2.45, 2.75) is 38.5 Å². The first-order valence-electron chi connectivity index (χ1n) is 13.4. The Labute approximate surface area is 223 Å². The minimum Gasteiger partial charge on any atom is -0.382 e. The number of nitrogens with two attached hydrogens (primary N) is 1. The van der Waals surface area contributed by atoms with Crippen LogP contribution in [0.25, 0.3) is 11.3 Å². The fraction of sp³-hybridized carbons (Fsp3) is 0.414. The number of pyridine rings is 1. The summed E-state index contributed by atoms with van der Waals surface area (Å²) < 4.78 is 5.45. The Hall–Kier alpha value is -3.85. The van der Waals surface area contributed by atoms with E-state index in [9.17, 15) is 9.59 Å². The number of Topliss-reactive ketones (excluding diaryl/α,β-unsaturated/α-hetero) is 1. The van der Waals surface area contributed by atoms with Crippen molar-refractivity contribution in [1.29, 1.82) is 0 Å². The molecule has 4 heterocycles. The van der Waals surface area contributed by atoms with Crippen molar-refractivity contribution in [3.05, 3.63) is 65.7 Å². The van der Waals surface area contributed by atoms with Gasteiger partial charge in [0.1, 0.15) is 5.69 Å². The van der Waals surface area contributed by atoms with Crippen LogP contribution >= 0.6 is 0 Å². The molecule has 2 fully saturated rings. The van der Waals surface area contributed by atoms with Gasteiger partial charge in [0, 0.05) is 68.2 Å². The predicted molar refractivity (Wildman–Crippen MR) is 146 cm³/mol. The summed E-state index contributed by atoms with van der Waals surface area (Å²) in [7, 11) is 0. The van der Waals surface area contributed by atoms with Crippen LogP contribution in [-0.4, -0.2) is 70.9 Å². The molecule has 0 radical (unpaired) electrons. The van der Waals surface area contributed by atoms with E-state index in [4.69, 9.17) is 10.5 Å². The molecule has 2 aliphatic rings. The molecule has 0 aliphatic carbocycles. The maximum atomic E-state index is 13.1. The molecule has 38 heavy (non-hydrogen) atoms. The number of rotatable bonds is 8. The quantitative estimate of drug-likeness (QED) is 0.455. The van der Waals surface area contributed by atoms with Gasteiger partial charge in [-0.3, -0.25) is 14.6 Å². The average Bonchev–Trinajstić information content (AvgIpc) is 2.97. The lowest BCUT2D eigenvalue weighted by atomic mass is 10.0. The number of morpholine rings is 1. The van der Waals surface area contributed by atoms with Crippen LogP contribution in [0.3, 0.4) is 0 Å². The molecule has 0 saturated carbocycles. The molecule has 2 aliphatic heterocycles. The number of piperidine rings is 1. The number of amides is 1. The van der Waals surface area contributed by atoms with E-state index in [1.54, 1.807) is 18.6 Å². The molecule has 1 aromatic carbocycles. The third-order valence-electron chi connectivity index (χ3n) is 7.23. The van der Waals surface area contributed by atoms with Crippen LogP contribution in [0.5, 0.6) is 0 Å². The standard InChI is InChI=1S/C29H34N6O3/c30-29-28(26(36)18-23-19-31-11-10-25(23)34-14-16-38-17-15-34)32-20-24(33-29)22-7-4-21(5-8-22)6-9-27(37)35-12-2-1-3-13-35/h4-5,7-8,10-11,19-20H,1-3,6,9,12-18H2,(H2,30,33). The summed E-state index contributed by atoms with van der Waals surface area (Å²) in [5, 5.41) is 0. The molecule has 0 bridgehead atoms. The number of aryl methyl sites for hydroxylation is 1. The average molecular weight is 515 g/mol. The van der Waals surface area contributed by atoms with Crippen molar-refractivity contribution in [2.24, 2.45) is 0 Å².